The van der Waals surface area contributed by atoms with Crippen LogP contribution < -0.4 is 14.8 Å². The van der Waals surface area contributed by atoms with Crippen LogP contribution in [-0.4, -0.2) is 22.5 Å². The molecule has 0 fully saturated rings. The van der Waals surface area contributed by atoms with Gasteiger partial charge in [-0.1, -0.05) is 30.3 Å². The summed E-state index contributed by atoms with van der Waals surface area (Å²) in [6, 6.07) is 23.5. The third kappa shape index (κ3) is 5.82. The van der Waals surface area contributed by atoms with Crippen molar-refractivity contribution in [1.29, 1.82) is 0 Å². The highest BCUT2D eigenvalue weighted by atomic mass is 16.5. The molecule has 0 bridgehead atoms. The summed E-state index contributed by atoms with van der Waals surface area (Å²) in [7, 11) is 0. The Morgan fingerprint density at radius 2 is 1.53 bits per heavy atom. The second kappa shape index (κ2) is 9.92. The van der Waals surface area contributed by atoms with Crippen molar-refractivity contribution in [2.45, 2.75) is 26.7 Å². The number of amides is 1. The molecule has 6 nitrogen and oxygen atoms in total. The fraction of sp³-hybridized carbons (Fsp3) is 0.192. The average Bonchev–Trinajstić information content (AvgIpc) is 2.77. The minimum atomic E-state index is -0.0570. The Balaban J connectivity index is 1.22. The molecule has 0 atom stereocenters. The molecule has 1 N–H and O–H groups in total. The molecule has 0 spiro atoms. The zero-order chi connectivity index (χ0) is 22.3. The van der Waals surface area contributed by atoms with Gasteiger partial charge in [0.15, 0.2) is 0 Å². The first-order valence-corrected chi connectivity index (χ1v) is 10.6. The van der Waals surface area contributed by atoms with E-state index in [1.54, 1.807) is 24.3 Å². The van der Waals surface area contributed by atoms with Gasteiger partial charge in [0.25, 0.3) is 0 Å². The van der Waals surface area contributed by atoms with Crippen molar-refractivity contribution in [3.05, 3.63) is 84.2 Å². The number of nitrogens with zero attached hydrogens (tertiary/aromatic N) is 2. The zero-order valence-electron chi connectivity index (χ0n) is 18.2. The molecule has 0 radical (unpaired) electrons. The molecule has 0 saturated heterocycles. The molecule has 0 aliphatic rings. The highest BCUT2D eigenvalue weighted by Crippen LogP contribution is 2.22. The third-order valence-electron chi connectivity index (χ3n) is 4.85. The maximum atomic E-state index is 12.2. The van der Waals surface area contributed by atoms with E-state index in [4.69, 9.17) is 9.47 Å². The number of rotatable bonds is 8. The molecule has 32 heavy (non-hydrogen) atoms. The number of aromatic nitrogens is 2. The summed E-state index contributed by atoms with van der Waals surface area (Å²) in [5, 5.41) is 5.21. The first kappa shape index (κ1) is 21.3. The largest absolute Gasteiger partial charge is 0.494 e. The monoisotopic (exact) mass is 427 g/mol. The van der Waals surface area contributed by atoms with Crippen molar-refractivity contribution in [1.82, 2.24) is 9.97 Å². The molecular weight excluding hydrogens is 402 g/mol. The van der Waals surface area contributed by atoms with Gasteiger partial charge in [-0.25, -0.2) is 9.97 Å². The molecule has 0 saturated carbocycles. The molecule has 0 aliphatic heterocycles. The van der Waals surface area contributed by atoms with E-state index >= 15 is 0 Å². The van der Waals surface area contributed by atoms with Gasteiger partial charge >= 0.3 is 6.01 Å². The van der Waals surface area contributed by atoms with Crippen molar-refractivity contribution in [3.8, 4) is 17.5 Å². The summed E-state index contributed by atoms with van der Waals surface area (Å²) in [6.45, 7) is 4.27. The highest BCUT2D eigenvalue weighted by Gasteiger charge is 2.06. The number of fused-ring (bicyclic) bond motifs is 1. The van der Waals surface area contributed by atoms with Crippen molar-refractivity contribution in [2.24, 2.45) is 0 Å². The number of nitrogens with one attached hydrogen (secondary N) is 1. The van der Waals surface area contributed by atoms with Crippen LogP contribution >= 0.6 is 0 Å². The maximum Gasteiger partial charge on any atom is 0.322 e. The van der Waals surface area contributed by atoms with Gasteiger partial charge in [0, 0.05) is 23.5 Å². The van der Waals surface area contributed by atoms with E-state index in [1.165, 1.54) is 5.39 Å². The highest BCUT2D eigenvalue weighted by molar-refractivity contribution is 5.90. The first-order chi connectivity index (χ1) is 15.5. The predicted octanol–water partition coefficient (Wildman–Crippen LogP) is 5.84. The van der Waals surface area contributed by atoms with Crippen LogP contribution in [0.5, 0.6) is 17.5 Å². The number of aryl methyl sites for hydroxylation is 2. The Kier molecular flexibility index (Phi) is 6.60. The van der Waals surface area contributed by atoms with Gasteiger partial charge in [-0.15, -0.1) is 0 Å². The number of ether oxygens (including phenoxy) is 2. The van der Waals surface area contributed by atoms with E-state index in [-0.39, 0.29) is 5.91 Å². The second-order valence-electron chi connectivity index (χ2n) is 7.57. The van der Waals surface area contributed by atoms with Gasteiger partial charge in [-0.2, -0.15) is 0 Å². The molecule has 1 aromatic heterocycles. The van der Waals surface area contributed by atoms with E-state index in [1.807, 2.05) is 50.2 Å². The summed E-state index contributed by atoms with van der Waals surface area (Å²) in [5.74, 6) is 1.36. The molecule has 1 heterocycles. The minimum Gasteiger partial charge on any atom is -0.494 e. The Bertz CT molecular complexity index is 1200. The molecule has 162 valence electrons. The normalized spacial score (nSPS) is 10.7. The van der Waals surface area contributed by atoms with Crippen molar-refractivity contribution >= 4 is 22.4 Å². The molecule has 4 aromatic rings. The maximum absolute atomic E-state index is 12.2. The molecule has 0 aliphatic carbocycles. The topological polar surface area (TPSA) is 73.3 Å². The van der Waals surface area contributed by atoms with Crippen molar-refractivity contribution in [2.75, 3.05) is 11.9 Å². The lowest BCUT2D eigenvalue weighted by molar-refractivity contribution is -0.116. The quantitative estimate of drug-likeness (QED) is 0.358. The van der Waals surface area contributed by atoms with Crippen LogP contribution in [0.2, 0.25) is 0 Å². The lowest BCUT2D eigenvalue weighted by atomic mass is 10.1. The van der Waals surface area contributed by atoms with Gasteiger partial charge in [0.1, 0.15) is 11.5 Å². The van der Waals surface area contributed by atoms with E-state index in [9.17, 15) is 4.79 Å². The lowest BCUT2D eigenvalue weighted by Crippen LogP contribution is -2.12. The van der Waals surface area contributed by atoms with Crippen LogP contribution in [0.15, 0.2) is 72.8 Å². The fourth-order valence-electron chi connectivity index (χ4n) is 3.35. The van der Waals surface area contributed by atoms with Gasteiger partial charge in [-0.3, -0.25) is 4.79 Å². The van der Waals surface area contributed by atoms with E-state index in [0.717, 1.165) is 22.5 Å². The van der Waals surface area contributed by atoms with Crippen molar-refractivity contribution in [3.63, 3.8) is 0 Å². The van der Waals surface area contributed by atoms with Gasteiger partial charge in [0.2, 0.25) is 5.91 Å². The Morgan fingerprint density at radius 3 is 2.28 bits per heavy atom. The van der Waals surface area contributed by atoms with E-state index < -0.39 is 0 Å². The zero-order valence-corrected chi connectivity index (χ0v) is 18.2. The number of carbonyl (C=O) groups excluding carboxylic acids is 1. The summed E-state index contributed by atoms with van der Waals surface area (Å²) in [4.78, 5) is 20.8. The smallest absolute Gasteiger partial charge is 0.322 e. The van der Waals surface area contributed by atoms with Crippen LogP contribution in [0.3, 0.4) is 0 Å². The van der Waals surface area contributed by atoms with Crippen LogP contribution in [0.25, 0.3) is 10.8 Å². The molecule has 1 amide bonds. The average molecular weight is 428 g/mol. The Labute approximate surface area is 187 Å². The number of carbonyl (C=O) groups is 1. The van der Waals surface area contributed by atoms with E-state index in [0.29, 0.717) is 36.9 Å². The van der Waals surface area contributed by atoms with Gasteiger partial charge in [-0.05, 0) is 73.5 Å². The summed E-state index contributed by atoms with van der Waals surface area (Å²) >= 11 is 0. The standard InChI is InChI=1S/C26H25N3O3/c1-18-16-19(2)28-26(27-18)32-23-13-10-22(11-14-23)29-25(30)8-5-15-31-24-12-9-20-6-3-4-7-21(20)17-24/h3-4,6-7,9-14,16-17H,5,8,15H2,1-2H3,(H,29,30). The van der Waals surface area contributed by atoms with Gasteiger partial charge < -0.3 is 14.8 Å². The summed E-state index contributed by atoms with van der Waals surface area (Å²) in [5.41, 5.74) is 2.40. The summed E-state index contributed by atoms with van der Waals surface area (Å²) in [6.07, 6.45) is 1.01. The van der Waals surface area contributed by atoms with Crippen molar-refractivity contribution < 1.29 is 14.3 Å². The molecule has 0 unspecified atom stereocenters. The second-order valence-corrected chi connectivity index (χ2v) is 7.57. The number of hydrogen-bond acceptors (Lipinski definition) is 5. The predicted molar refractivity (Wildman–Crippen MR) is 125 cm³/mol. The van der Waals surface area contributed by atoms with Crippen LogP contribution in [0.1, 0.15) is 24.2 Å². The van der Waals surface area contributed by atoms with Crippen LogP contribution in [0, 0.1) is 13.8 Å². The lowest BCUT2D eigenvalue weighted by Gasteiger charge is -2.09. The number of benzene rings is 3. The Morgan fingerprint density at radius 1 is 0.844 bits per heavy atom. The fourth-order valence-corrected chi connectivity index (χ4v) is 3.35. The molecule has 3 aromatic carbocycles. The summed E-state index contributed by atoms with van der Waals surface area (Å²) < 4.78 is 11.5. The molecule has 6 heteroatoms. The molecular formula is C26H25N3O3. The number of anilines is 1. The Hall–Kier alpha value is -3.93. The minimum absolute atomic E-state index is 0.0570. The third-order valence-corrected chi connectivity index (χ3v) is 4.85. The van der Waals surface area contributed by atoms with Crippen LogP contribution in [-0.2, 0) is 4.79 Å². The molecule has 4 rings (SSSR count). The SMILES string of the molecule is Cc1cc(C)nc(Oc2ccc(NC(=O)CCCOc3ccc4ccccc4c3)cc2)n1. The van der Waals surface area contributed by atoms with Gasteiger partial charge in [0.05, 0.1) is 6.61 Å². The van der Waals surface area contributed by atoms with E-state index in [2.05, 4.69) is 27.4 Å². The first-order valence-electron chi connectivity index (χ1n) is 10.6. The van der Waals surface area contributed by atoms with Crippen LogP contribution in [0.4, 0.5) is 5.69 Å². The number of hydrogen-bond donors (Lipinski definition) is 1.